The fraction of sp³-hybridized carbons (Fsp3) is 0.917. The summed E-state index contributed by atoms with van der Waals surface area (Å²) >= 11 is 0. The molecular weight excluding hydrogens is 206 g/mol. The summed E-state index contributed by atoms with van der Waals surface area (Å²) in [6, 6.07) is 0.398. The van der Waals surface area contributed by atoms with Gasteiger partial charge in [-0.05, 0) is 26.2 Å². The summed E-state index contributed by atoms with van der Waals surface area (Å²) in [6.45, 7) is 5.55. The smallest absolute Gasteiger partial charge is 0.319 e. The highest BCUT2D eigenvalue weighted by atomic mass is 16.5. The second kappa shape index (κ2) is 7.63. The van der Waals surface area contributed by atoms with Crippen LogP contribution in [-0.2, 0) is 14.3 Å². The molecule has 1 aliphatic rings. The molecule has 1 rings (SSSR count). The van der Waals surface area contributed by atoms with Crippen LogP contribution in [0.5, 0.6) is 0 Å². The lowest BCUT2D eigenvalue weighted by atomic mass is 10.0. The van der Waals surface area contributed by atoms with Crippen LogP contribution < -0.4 is 5.32 Å². The van der Waals surface area contributed by atoms with Crippen molar-refractivity contribution < 1.29 is 14.3 Å². The molecule has 94 valence electrons. The lowest BCUT2D eigenvalue weighted by Gasteiger charge is -2.29. The number of rotatable bonds is 6. The molecule has 1 N–H and O–H groups in total. The fourth-order valence-corrected chi connectivity index (χ4v) is 2.03. The summed E-state index contributed by atoms with van der Waals surface area (Å²) in [5.41, 5.74) is 0. The summed E-state index contributed by atoms with van der Waals surface area (Å²) < 4.78 is 10.5. The molecule has 1 saturated heterocycles. The minimum absolute atomic E-state index is 0.166. The van der Waals surface area contributed by atoms with Crippen molar-refractivity contribution in [3.8, 4) is 0 Å². The lowest BCUT2D eigenvalue weighted by molar-refractivity contribution is -0.142. The molecule has 0 aromatic rings. The molecule has 1 fully saturated rings. The van der Waals surface area contributed by atoms with Gasteiger partial charge in [-0.3, -0.25) is 4.79 Å². The molecular formula is C12H23NO3. The maximum Gasteiger partial charge on any atom is 0.319 e. The van der Waals surface area contributed by atoms with Gasteiger partial charge in [-0.15, -0.1) is 0 Å². The van der Waals surface area contributed by atoms with E-state index in [1.807, 2.05) is 6.92 Å². The van der Waals surface area contributed by atoms with Crippen LogP contribution in [0.1, 0.15) is 39.5 Å². The number of carbonyl (C=O) groups is 1. The summed E-state index contributed by atoms with van der Waals surface area (Å²) in [4.78, 5) is 11.2. The van der Waals surface area contributed by atoms with Crippen molar-refractivity contribution in [2.75, 3.05) is 19.8 Å². The standard InChI is InChI=1S/C12H23NO3/c1-3-5-11-8-10(6-7-16-11)13-9-12(14)15-4-2/h10-11,13H,3-9H2,1-2H3. The van der Waals surface area contributed by atoms with Crippen molar-refractivity contribution in [1.29, 1.82) is 0 Å². The predicted molar refractivity (Wildman–Crippen MR) is 62.3 cm³/mol. The average molecular weight is 229 g/mol. The molecule has 1 aliphatic heterocycles. The Morgan fingerprint density at radius 2 is 2.31 bits per heavy atom. The molecule has 16 heavy (non-hydrogen) atoms. The monoisotopic (exact) mass is 229 g/mol. The van der Waals surface area contributed by atoms with Crippen LogP contribution in [0.4, 0.5) is 0 Å². The Hall–Kier alpha value is -0.610. The van der Waals surface area contributed by atoms with Gasteiger partial charge in [0.25, 0.3) is 0 Å². The van der Waals surface area contributed by atoms with E-state index in [-0.39, 0.29) is 5.97 Å². The minimum atomic E-state index is -0.166. The topological polar surface area (TPSA) is 47.6 Å². The molecule has 2 unspecified atom stereocenters. The van der Waals surface area contributed by atoms with Gasteiger partial charge in [0.1, 0.15) is 0 Å². The van der Waals surface area contributed by atoms with Crippen molar-refractivity contribution in [2.24, 2.45) is 0 Å². The first-order valence-corrected chi connectivity index (χ1v) is 6.26. The summed E-state index contributed by atoms with van der Waals surface area (Å²) in [7, 11) is 0. The van der Waals surface area contributed by atoms with E-state index in [4.69, 9.17) is 9.47 Å². The van der Waals surface area contributed by atoms with Gasteiger partial charge in [-0.25, -0.2) is 0 Å². The summed E-state index contributed by atoms with van der Waals surface area (Å²) in [6.07, 6.45) is 4.61. The van der Waals surface area contributed by atoms with Crippen LogP contribution >= 0.6 is 0 Å². The molecule has 4 heteroatoms. The van der Waals surface area contributed by atoms with Crippen LogP contribution in [0.15, 0.2) is 0 Å². The van der Waals surface area contributed by atoms with E-state index in [0.29, 0.717) is 25.3 Å². The number of hydrogen-bond donors (Lipinski definition) is 1. The predicted octanol–water partition coefficient (Wildman–Crippen LogP) is 1.49. The number of ether oxygens (including phenoxy) is 2. The van der Waals surface area contributed by atoms with Gasteiger partial charge >= 0.3 is 5.97 Å². The summed E-state index contributed by atoms with van der Waals surface area (Å²) in [5, 5.41) is 3.24. The molecule has 0 saturated carbocycles. The summed E-state index contributed by atoms with van der Waals surface area (Å²) in [5.74, 6) is -0.166. The molecule has 0 amide bonds. The fourth-order valence-electron chi connectivity index (χ4n) is 2.03. The molecule has 0 bridgehead atoms. The van der Waals surface area contributed by atoms with Crippen molar-refractivity contribution >= 4 is 5.97 Å². The normalized spacial score (nSPS) is 25.4. The van der Waals surface area contributed by atoms with E-state index >= 15 is 0 Å². The molecule has 0 radical (unpaired) electrons. The maximum atomic E-state index is 11.2. The second-order valence-corrected chi connectivity index (χ2v) is 4.19. The third kappa shape index (κ3) is 4.94. The van der Waals surface area contributed by atoms with Gasteiger partial charge in [0, 0.05) is 12.6 Å². The zero-order valence-corrected chi connectivity index (χ0v) is 10.3. The van der Waals surface area contributed by atoms with Crippen LogP contribution in [0, 0.1) is 0 Å². The van der Waals surface area contributed by atoms with Gasteiger partial charge in [0.15, 0.2) is 0 Å². The maximum absolute atomic E-state index is 11.2. The van der Waals surface area contributed by atoms with Gasteiger partial charge in [0.2, 0.25) is 0 Å². The van der Waals surface area contributed by atoms with E-state index in [1.54, 1.807) is 0 Å². The molecule has 4 nitrogen and oxygen atoms in total. The van der Waals surface area contributed by atoms with Gasteiger partial charge in [0.05, 0.1) is 19.3 Å². The third-order valence-electron chi connectivity index (χ3n) is 2.82. The van der Waals surface area contributed by atoms with Crippen molar-refractivity contribution in [3.63, 3.8) is 0 Å². The van der Waals surface area contributed by atoms with Crippen molar-refractivity contribution in [3.05, 3.63) is 0 Å². The van der Waals surface area contributed by atoms with Crippen molar-refractivity contribution in [1.82, 2.24) is 5.32 Å². The highest BCUT2D eigenvalue weighted by Crippen LogP contribution is 2.17. The lowest BCUT2D eigenvalue weighted by Crippen LogP contribution is -2.41. The molecule has 0 aromatic carbocycles. The third-order valence-corrected chi connectivity index (χ3v) is 2.82. The first-order valence-electron chi connectivity index (χ1n) is 6.26. The van der Waals surface area contributed by atoms with Gasteiger partial charge < -0.3 is 14.8 Å². The Morgan fingerprint density at radius 1 is 1.50 bits per heavy atom. The molecule has 0 aliphatic carbocycles. The zero-order chi connectivity index (χ0) is 11.8. The Labute approximate surface area is 97.7 Å². The molecule has 1 heterocycles. The van der Waals surface area contributed by atoms with Crippen LogP contribution in [-0.4, -0.2) is 37.9 Å². The van der Waals surface area contributed by atoms with Gasteiger partial charge in [-0.2, -0.15) is 0 Å². The Kier molecular flexibility index (Phi) is 6.42. The zero-order valence-electron chi connectivity index (χ0n) is 10.3. The highest BCUT2D eigenvalue weighted by Gasteiger charge is 2.22. The van der Waals surface area contributed by atoms with E-state index in [2.05, 4.69) is 12.2 Å². The van der Waals surface area contributed by atoms with E-state index in [9.17, 15) is 4.79 Å². The minimum Gasteiger partial charge on any atom is -0.465 e. The molecule has 2 atom stereocenters. The Morgan fingerprint density at radius 3 is 3.00 bits per heavy atom. The number of nitrogens with one attached hydrogen (secondary N) is 1. The van der Waals surface area contributed by atoms with Crippen LogP contribution in [0.25, 0.3) is 0 Å². The first-order chi connectivity index (χ1) is 7.76. The van der Waals surface area contributed by atoms with E-state index < -0.39 is 0 Å². The average Bonchev–Trinajstić information content (AvgIpc) is 2.28. The molecule has 0 spiro atoms. The quantitative estimate of drug-likeness (QED) is 0.701. The number of carbonyl (C=O) groups excluding carboxylic acids is 1. The second-order valence-electron chi connectivity index (χ2n) is 4.19. The van der Waals surface area contributed by atoms with E-state index in [1.165, 1.54) is 0 Å². The highest BCUT2D eigenvalue weighted by molar-refractivity contribution is 5.71. The van der Waals surface area contributed by atoms with Gasteiger partial charge in [-0.1, -0.05) is 13.3 Å². The molecule has 0 aromatic heterocycles. The van der Waals surface area contributed by atoms with Crippen LogP contribution in [0.3, 0.4) is 0 Å². The SMILES string of the molecule is CCCC1CC(NCC(=O)OCC)CCO1. The Bertz CT molecular complexity index is 206. The largest absolute Gasteiger partial charge is 0.465 e. The Balaban J connectivity index is 2.18. The first kappa shape index (κ1) is 13.5. The van der Waals surface area contributed by atoms with Crippen LogP contribution in [0.2, 0.25) is 0 Å². The van der Waals surface area contributed by atoms with E-state index in [0.717, 1.165) is 32.3 Å². The van der Waals surface area contributed by atoms with Crippen molar-refractivity contribution in [2.45, 2.75) is 51.7 Å². The number of esters is 1. The number of hydrogen-bond acceptors (Lipinski definition) is 4.